The van der Waals surface area contributed by atoms with E-state index in [2.05, 4.69) is 34.0 Å². The van der Waals surface area contributed by atoms with Crippen LogP contribution in [0.1, 0.15) is 25.3 Å². The molecule has 0 saturated carbocycles. The van der Waals surface area contributed by atoms with Gasteiger partial charge in [-0.2, -0.15) is 0 Å². The SMILES string of the molecule is COc1ccc(Nc2nnns2)c(C(C)C)c1. The van der Waals surface area contributed by atoms with E-state index in [0.717, 1.165) is 11.4 Å². The van der Waals surface area contributed by atoms with E-state index in [1.54, 1.807) is 7.11 Å². The number of nitrogens with zero attached hydrogens (tertiary/aromatic N) is 3. The Morgan fingerprint density at radius 3 is 2.76 bits per heavy atom. The molecular formula is C11H14N4OS. The van der Waals surface area contributed by atoms with E-state index in [1.807, 2.05) is 18.2 Å². The van der Waals surface area contributed by atoms with Crippen molar-refractivity contribution in [3.05, 3.63) is 23.8 Å². The number of rotatable bonds is 4. The minimum atomic E-state index is 0.397. The summed E-state index contributed by atoms with van der Waals surface area (Å²) < 4.78 is 8.95. The highest BCUT2D eigenvalue weighted by Crippen LogP contribution is 2.30. The van der Waals surface area contributed by atoms with Gasteiger partial charge in [-0.3, -0.25) is 0 Å². The fourth-order valence-corrected chi connectivity index (χ4v) is 1.94. The van der Waals surface area contributed by atoms with Crippen molar-refractivity contribution in [2.24, 2.45) is 0 Å². The summed E-state index contributed by atoms with van der Waals surface area (Å²) in [7, 11) is 1.67. The maximum absolute atomic E-state index is 5.23. The van der Waals surface area contributed by atoms with E-state index in [9.17, 15) is 0 Å². The Labute approximate surface area is 104 Å². The summed E-state index contributed by atoms with van der Waals surface area (Å²) in [6, 6.07) is 5.93. The number of anilines is 2. The zero-order chi connectivity index (χ0) is 12.3. The van der Waals surface area contributed by atoms with Crippen LogP contribution in [-0.4, -0.2) is 21.9 Å². The summed E-state index contributed by atoms with van der Waals surface area (Å²) in [6.07, 6.45) is 0. The Hall–Kier alpha value is -1.69. The smallest absolute Gasteiger partial charge is 0.229 e. The summed E-state index contributed by atoms with van der Waals surface area (Å²) in [5.41, 5.74) is 2.19. The van der Waals surface area contributed by atoms with Crippen LogP contribution in [0.2, 0.25) is 0 Å². The van der Waals surface area contributed by atoms with E-state index in [4.69, 9.17) is 4.74 Å². The molecule has 6 heteroatoms. The summed E-state index contributed by atoms with van der Waals surface area (Å²) in [5, 5.41) is 11.3. The number of ether oxygens (including phenoxy) is 1. The third-order valence-electron chi connectivity index (χ3n) is 2.42. The van der Waals surface area contributed by atoms with E-state index in [1.165, 1.54) is 17.1 Å². The Bertz CT molecular complexity index is 484. The molecule has 0 amide bonds. The average molecular weight is 250 g/mol. The highest BCUT2D eigenvalue weighted by Gasteiger charge is 2.09. The molecule has 0 aliphatic carbocycles. The predicted octanol–water partition coefficient (Wildman–Crippen LogP) is 2.81. The second-order valence-electron chi connectivity index (χ2n) is 3.90. The van der Waals surface area contributed by atoms with Gasteiger partial charge in [-0.05, 0) is 34.9 Å². The lowest BCUT2D eigenvalue weighted by molar-refractivity contribution is 0.414. The van der Waals surface area contributed by atoms with Crippen LogP contribution in [0, 0.1) is 0 Å². The molecule has 2 aromatic rings. The third kappa shape index (κ3) is 2.71. The van der Waals surface area contributed by atoms with Crippen molar-refractivity contribution in [1.82, 2.24) is 14.8 Å². The van der Waals surface area contributed by atoms with Gasteiger partial charge in [0, 0.05) is 17.2 Å². The predicted molar refractivity (Wildman–Crippen MR) is 68.1 cm³/mol. The summed E-state index contributed by atoms with van der Waals surface area (Å²) in [6.45, 7) is 4.27. The van der Waals surface area contributed by atoms with Crippen LogP contribution in [0.5, 0.6) is 5.75 Å². The largest absolute Gasteiger partial charge is 0.497 e. The fraction of sp³-hybridized carbons (Fsp3) is 0.364. The topological polar surface area (TPSA) is 59.9 Å². The number of nitrogens with one attached hydrogen (secondary N) is 1. The third-order valence-corrected chi connectivity index (χ3v) is 2.93. The molecule has 17 heavy (non-hydrogen) atoms. The van der Waals surface area contributed by atoms with Gasteiger partial charge in [-0.1, -0.05) is 23.4 Å². The average Bonchev–Trinajstić information content (AvgIpc) is 2.82. The van der Waals surface area contributed by atoms with Crippen LogP contribution >= 0.6 is 11.5 Å². The van der Waals surface area contributed by atoms with E-state index < -0.39 is 0 Å². The molecule has 1 aromatic heterocycles. The number of hydrogen-bond acceptors (Lipinski definition) is 6. The van der Waals surface area contributed by atoms with Crippen LogP contribution in [0.15, 0.2) is 18.2 Å². The van der Waals surface area contributed by atoms with E-state index >= 15 is 0 Å². The first kappa shape index (κ1) is 11.8. The first-order chi connectivity index (χ1) is 8.20. The van der Waals surface area contributed by atoms with Crippen LogP contribution in [0.25, 0.3) is 0 Å². The van der Waals surface area contributed by atoms with Crippen molar-refractivity contribution in [3.63, 3.8) is 0 Å². The zero-order valence-electron chi connectivity index (χ0n) is 9.97. The lowest BCUT2D eigenvalue weighted by Crippen LogP contribution is -1.98. The first-order valence-corrected chi connectivity index (χ1v) is 6.08. The number of methoxy groups -OCH3 is 1. The quantitative estimate of drug-likeness (QED) is 0.904. The molecule has 0 bridgehead atoms. The van der Waals surface area contributed by atoms with Crippen LogP contribution in [-0.2, 0) is 0 Å². The van der Waals surface area contributed by atoms with Crippen molar-refractivity contribution >= 4 is 22.4 Å². The summed E-state index contributed by atoms with van der Waals surface area (Å²) in [5.74, 6) is 1.25. The van der Waals surface area contributed by atoms with E-state index in [-0.39, 0.29) is 0 Å². The summed E-state index contributed by atoms with van der Waals surface area (Å²) in [4.78, 5) is 0. The van der Waals surface area contributed by atoms with Crippen LogP contribution in [0.3, 0.4) is 0 Å². The first-order valence-electron chi connectivity index (χ1n) is 5.30. The highest BCUT2D eigenvalue weighted by atomic mass is 32.1. The van der Waals surface area contributed by atoms with Crippen LogP contribution < -0.4 is 10.1 Å². The molecule has 5 nitrogen and oxygen atoms in total. The molecule has 90 valence electrons. The maximum atomic E-state index is 5.23. The van der Waals surface area contributed by atoms with Crippen molar-refractivity contribution < 1.29 is 4.74 Å². The van der Waals surface area contributed by atoms with Gasteiger partial charge in [-0.25, -0.2) is 0 Å². The lowest BCUT2D eigenvalue weighted by atomic mass is 10.0. The molecule has 0 atom stereocenters. The summed E-state index contributed by atoms with van der Waals surface area (Å²) >= 11 is 1.23. The highest BCUT2D eigenvalue weighted by molar-refractivity contribution is 7.09. The second kappa shape index (κ2) is 5.09. The van der Waals surface area contributed by atoms with Gasteiger partial charge in [0.2, 0.25) is 5.13 Å². The molecule has 0 radical (unpaired) electrons. The Balaban J connectivity index is 2.32. The Morgan fingerprint density at radius 1 is 1.35 bits per heavy atom. The molecule has 0 spiro atoms. The molecule has 0 unspecified atom stereocenters. The maximum Gasteiger partial charge on any atom is 0.229 e. The van der Waals surface area contributed by atoms with Crippen molar-refractivity contribution in [1.29, 1.82) is 0 Å². The number of aromatic nitrogens is 3. The van der Waals surface area contributed by atoms with E-state index in [0.29, 0.717) is 11.0 Å². The molecule has 1 aromatic carbocycles. The van der Waals surface area contributed by atoms with Crippen LogP contribution in [0.4, 0.5) is 10.8 Å². The van der Waals surface area contributed by atoms with Gasteiger partial charge in [-0.15, -0.1) is 0 Å². The second-order valence-corrected chi connectivity index (χ2v) is 4.63. The standard InChI is InChI=1S/C11H14N4OS/c1-7(2)9-6-8(16-3)4-5-10(9)12-11-13-14-15-17-11/h4-7H,1-3H3,(H,12,13,15). The Morgan fingerprint density at radius 2 is 2.18 bits per heavy atom. The van der Waals surface area contributed by atoms with Crippen molar-refractivity contribution in [2.45, 2.75) is 19.8 Å². The normalized spacial score (nSPS) is 10.6. The van der Waals surface area contributed by atoms with Crippen molar-refractivity contribution in [2.75, 3.05) is 12.4 Å². The van der Waals surface area contributed by atoms with Gasteiger partial charge in [0.1, 0.15) is 5.75 Å². The monoisotopic (exact) mass is 250 g/mol. The zero-order valence-corrected chi connectivity index (χ0v) is 10.8. The molecule has 0 saturated heterocycles. The molecule has 1 N–H and O–H groups in total. The number of hydrogen-bond donors (Lipinski definition) is 1. The van der Waals surface area contributed by atoms with Gasteiger partial charge in [0.25, 0.3) is 0 Å². The molecule has 0 aliphatic rings. The Kier molecular flexibility index (Phi) is 3.53. The molecule has 0 aliphatic heterocycles. The molecular weight excluding hydrogens is 236 g/mol. The number of benzene rings is 1. The molecule has 0 fully saturated rings. The minimum Gasteiger partial charge on any atom is -0.497 e. The van der Waals surface area contributed by atoms with Crippen molar-refractivity contribution in [3.8, 4) is 5.75 Å². The molecule has 1 heterocycles. The molecule has 2 rings (SSSR count). The lowest BCUT2D eigenvalue weighted by Gasteiger charge is -2.14. The van der Waals surface area contributed by atoms with Gasteiger partial charge in [0.05, 0.1) is 7.11 Å². The minimum absolute atomic E-state index is 0.397. The van der Waals surface area contributed by atoms with Gasteiger partial charge < -0.3 is 10.1 Å². The van der Waals surface area contributed by atoms with Gasteiger partial charge >= 0.3 is 0 Å². The van der Waals surface area contributed by atoms with Gasteiger partial charge in [0.15, 0.2) is 0 Å². The fourth-order valence-electron chi connectivity index (χ4n) is 1.56.